The zero-order valence-corrected chi connectivity index (χ0v) is 11.2. The van der Waals surface area contributed by atoms with Crippen LogP contribution in [0.5, 0.6) is 5.75 Å². The van der Waals surface area contributed by atoms with Crippen molar-refractivity contribution >= 4 is 5.69 Å². The Kier molecular flexibility index (Phi) is 4.39. The Hall–Kier alpha value is -2.03. The molecule has 19 heavy (non-hydrogen) atoms. The molecule has 0 aliphatic carbocycles. The van der Waals surface area contributed by atoms with Gasteiger partial charge < -0.3 is 10.1 Å². The molecule has 1 unspecified atom stereocenters. The molecule has 0 aromatic heterocycles. The molecular formula is C16H18FNO. The predicted molar refractivity (Wildman–Crippen MR) is 76.3 cm³/mol. The zero-order valence-electron chi connectivity index (χ0n) is 11.2. The standard InChI is InChI=1S/C16H18FNO/c1-12(13-6-4-3-5-7-13)11-18-14-8-9-16(19-2)15(17)10-14/h3-10,12,18H,11H2,1-2H3. The van der Waals surface area contributed by atoms with Crippen molar-refractivity contribution in [2.45, 2.75) is 12.8 Å². The normalized spacial score (nSPS) is 11.9. The van der Waals surface area contributed by atoms with Crippen molar-refractivity contribution < 1.29 is 9.13 Å². The highest BCUT2D eigenvalue weighted by molar-refractivity contribution is 5.47. The van der Waals surface area contributed by atoms with Crippen LogP contribution < -0.4 is 10.1 Å². The lowest BCUT2D eigenvalue weighted by atomic mass is 10.0. The van der Waals surface area contributed by atoms with Gasteiger partial charge in [-0.3, -0.25) is 0 Å². The summed E-state index contributed by atoms with van der Waals surface area (Å²) in [5, 5.41) is 3.24. The maximum absolute atomic E-state index is 13.5. The molecule has 0 radical (unpaired) electrons. The minimum Gasteiger partial charge on any atom is -0.494 e. The van der Waals surface area contributed by atoms with Crippen LogP contribution in [0.25, 0.3) is 0 Å². The van der Waals surface area contributed by atoms with E-state index in [1.165, 1.54) is 18.7 Å². The summed E-state index contributed by atoms with van der Waals surface area (Å²) in [5.41, 5.74) is 2.03. The SMILES string of the molecule is COc1ccc(NCC(C)c2ccccc2)cc1F. The monoisotopic (exact) mass is 259 g/mol. The highest BCUT2D eigenvalue weighted by atomic mass is 19.1. The summed E-state index contributed by atoms with van der Waals surface area (Å²) >= 11 is 0. The van der Waals surface area contributed by atoms with E-state index in [-0.39, 0.29) is 11.6 Å². The Morgan fingerprint density at radius 2 is 1.89 bits per heavy atom. The molecule has 0 spiro atoms. The molecule has 100 valence electrons. The molecule has 0 saturated carbocycles. The Morgan fingerprint density at radius 3 is 2.53 bits per heavy atom. The molecule has 2 aromatic carbocycles. The molecule has 2 nitrogen and oxygen atoms in total. The van der Waals surface area contributed by atoms with E-state index in [4.69, 9.17) is 4.74 Å². The van der Waals surface area contributed by atoms with Crippen molar-refractivity contribution in [3.05, 3.63) is 59.9 Å². The van der Waals surface area contributed by atoms with Gasteiger partial charge in [0.1, 0.15) is 0 Å². The minimum atomic E-state index is -0.347. The summed E-state index contributed by atoms with van der Waals surface area (Å²) in [6, 6.07) is 15.2. The molecule has 0 fully saturated rings. The first-order valence-corrected chi connectivity index (χ1v) is 6.33. The number of hydrogen-bond donors (Lipinski definition) is 1. The van der Waals surface area contributed by atoms with Crippen molar-refractivity contribution in [1.82, 2.24) is 0 Å². The smallest absolute Gasteiger partial charge is 0.167 e. The van der Waals surface area contributed by atoms with Gasteiger partial charge in [-0.2, -0.15) is 0 Å². The largest absolute Gasteiger partial charge is 0.494 e. The lowest BCUT2D eigenvalue weighted by Crippen LogP contribution is -2.09. The van der Waals surface area contributed by atoms with Crippen LogP contribution in [0.4, 0.5) is 10.1 Å². The highest BCUT2D eigenvalue weighted by Gasteiger charge is 2.06. The first kappa shape index (κ1) is 13.4. The van der Waals surface area contributed by atoms with Crippen molar-refractivity contribution in [3.63, 3.8) is 0 Å². The number of halogens is 1. The van der Waals surface area contributed by atoms with Gasteiger partial charge in [-0.15, -0.1) is 0 Å². The van der Waals surface area contributed by atoms with Crippen LogP contribution >= 0.6 is 0 Å². The van der Waals surface area contributed by atoms with Crippen LogP contribution in [0, 0.1) is 5.82 Å². The van der Waals surface area contributed by atoms with Gasteiger partial charge in [0, 0.05) is 18.3 Å². The number of ether oxygens (including phenoxy) is 1. The lowest BCUT2D eigenvalue weighted by Gasteiger charge is -2.14. The van der Waals surface area contributed by atoms with Crippen LogP contribution in [0.3, 0.4) is 0 Å². The topological polar surface area (TPSA) is 21.3 Å². The van der Waals surface area contributed by atoms with Crippen molar-refractivity contribution in [1.29, 1.82) is 0 Å². The van der Waals surface area contributed by atoms with E-state index in [1.54, 1.807) is 6.07 Å². The number of benzene rings is 2. The molecule has 0 saturated heterocycles. The fourth-order valence-corrected chi connectivity index (χ4v) is 1.95. The molecule has 0 heterocycles. The van der Waals surface area contributed by atoms with Gasteiger partial charge in [0.15, 0.2) is 11.6 Å². The van der Waals surface area contributed by atoms with Crippen molar-refractivity contribution in [3.8, 4) is 5.75 Å². The average Bonchev–Trinajstić information content (AvgIpc) is 2.46. The van der Waals surface area contributed by atoms with Gasteiger partial charge in [-0.05, 0) is 23.6 Å². The van der Waals surface area contributed by atoms with Gasteiger partial charge in [-0.25, -0.2) is 4.39 Å². The van der Waals surface area contributed by atoms with Gasteiger partial charge in [0.25, 0.3) is 0 Å². The van der Waals surface area contributed by atoms with Crippen LogP contribution in [0.15, 0.2) is 48.5 Å². The Labute approximate surface area is 113 Å². The summed E-state index contributed by atoms with van der Waals surface area (Å²) < 4.78 is 18.4. The van der Waals surface area contributed by atoms with Gasteiger partial charge >= 0.3 is 0 Å². The van der Waals surface area contributed by atoms with Crippen LogP contribution in [0.2, 0.25) is 0 Å². The number of methoxy groups -OCH3 is 1. The molecule has 0 aliphatic heterocycles. The molecule has 3 heteroatoms. The molecule has 2 rings (SSSR count). The average molecular weight is 259 g/mol. The van der Waals surface area contributed by atoms with Gasteiger partial charge in [0.05, 0.1) is 7.11 Å². The van der Waals surface area contributed by atoms with E-state index >= 15 is 0 Å². The second kappa shape index (κ2) is 6.23. The van der Waals surface area contributed by atoms with Crippen LogP contribution in [0.1, 0.15) is 18.4 Å². The van der Waals surface area contributed by atoms with E-state index in [2.05, 4.69) is 24.4 Å². The summed E-state index contributed by atoms with van der Waals surface area (Å²) in [6.45, 7) is 2.90. The first-order valence-electron chi connectivity index (χ1n) is 6.33. The van der Waals surface area contributed by atoms with Crippen LogP contribution in [-0.4, -0.2) is 13.7 Å². The number of rotatable bonds is 5. The molecule has 2 aromatic rings. The lowest BCUT2D eigenvalue weighted by molar-refractivity contribution is 0.386. The Bertz CT molecular complexity index is 528. The summed E-state index contributed by atoms with van der Waals surface area (Å²) in [5.74, 6) is 0.285. The molecule has 0 amide bonds. The molecule has 1 N–H and O–H groups in total. The van der Waals surface area contributed by atoms with E-state index < -0.39 is 0 Å². The number of hydrogen-bond acceptors (Lipinski definition) is 2. The van der Waals surface area contributed by atoms with Crippen molar-refractivity contribution in [2.24, 2.45) is 0 Å². The molecular weight excluding hydrogens is 241 g/mol. The second-order valence-electron chi connectivity index (χ2n) is 4.54. The quantitative estimate of drug-likeness (QED) is 0.874. The summed E-state index contributed by atoms with van der Waals surface area (Å²) in [6.07, 6.45) is 0. The maximum atomic E-state index is 13.5. The third-order valence-electron chi connectivity index (χ3n) is 3.13. The molecule has 0 bridgehead atoms. The fourth-order valence-electron chi connectivity index (χ4n) is 1.95. The van der Waals surface area contributed by atoms with Crippen LogP contribution in [-0.2, 0) is 0 Å². The van der Waals surface area contributed by atoms with E-state index in [0.29, 0.717) is 5.92 Å². The van der Waals surface area contributed by atoms with Gasteiger partial charge in [0.2, 0.25) is 0 Å². The molecule has 0 aliphatic rings. The highest BCUT2D eigenvalue weighted by Crippen LogP contribution is 2.22. The van der Waals surface area contributed by atoms with Crippen molar-refractivity contribution in [2.75, 3.05) is 19.0 Å². The third-order valence-corrected chi connectivity index (χ3v) is 3.13. The summed E-state index contributed by atoms with van der Waals surface area (Å²) in [4.78, 5) is 0. The summed E-state index contributed by atoms with van der Waals surface area (Å²) in [7, 11) is 1.46. The number of anilines is 1. The maximum Gasteiger partial charge on any atom is 0.167 e. The number of nitrogens with one attached hydrogen (secondary N) is 1. The third kappa shape index (κ3) is 3.47. The van der Waals surface area contributed by atoms with E-state index in [0.717, 1.165) is 12.2 Å². The Morgan fingerprint density at radius 1 is 1.16 bits per heavy atom. The predicted octanol–water partition coefficient (Wildman–Crippen LogP) is 4.05. The Balaban J connectivity index is 1.97. The first-order chi connectivity index (χ1) is 9.20. The van der Waals surface area contributed by atoms with E-state index in [1.807, 2.05) is 24.3 Å². The minimum absolute atomic E-state index is 0.265. The van der Waals surface area contributed by atoms with Gasteiger partial charge in [-0.1, -0.05) is 37.3 Å². The fraction of sp³-hybridized carbons (Fsp3) is 0.250. The zero-order chi connectivity index (χ0) is 13.7. The van der Waals surface area contributed by atoms with E-state index in [9.17, 15) is 4.39 Å². The molecule has 1 atom stereocenters. The second-order valence-corrected chi connectivity index (χ2v) is 4.54.